The highest BCUT2D eigenvalue weighted by Crippen LogP contribution is 2.59. The largest absolute Gasteiger partial charge is 0.466 e. The second-order valence-corrected chi connectivity index (χ2v) is 41.3. The van der Waals surface area contributed by atoms with Gasteiger partial charge in [-0.2, -0.15) is 0 Å². The molecule has 4 aromatic carbocycles. The zero-order valence-corrected chi connectivity index (χ0v) is 55.2. The zero-order valence-electron chi connectivity index (χ0n) is 51.4. The molecular formula is C62H90O11P2Si2. The summed E-state index contributed by atoms with van der Waals surface area (Å²) in [6.07, 6.45) is 0.756. The van der Waals surface area contributed by atoms with Crippen LogP contribution in [0.25, 0.3) is 33.1 Å². The van der Waals surface area contributed by atoms with Crippen LogP contribution in [0.2, 0.25) is 39.3 Å². The first-order valence-corrected chi connectivity index (χ1v) is 36.4. The van der Waals surface area contributed by atoms with Gasteiger partial charge in [0.1, 0.15) is 34.2 Å². The van der Waals surface area contributed by atoms with Gasteiger partial charge in [-0.3, -0.25) is 14.1 Å². The number of esters is 2. The molecule has 5 aromatic rings. The number of hydrogen-bond donors (Lipinski definition) is 0. The zero-order chi connectivity index (χ0) is 58.4. The van der Waals surface area contributed by atoms with Gasteiger partial charge in [0.2, 0.25) is 0 Å². The summed E-state index contributed by atoms with van der Waals surface area (Å²) in [5.74, 6) is -0.238. The molecule has 0 aliphatic carbocycles. The van der Waals surface area contributed by atoms with Crippen LogP contribution in [0.5, 0.6) is 23.0 Å². The van der Waals surface area contributed by atoms with E-state index in [2.05, 4.69) is 126 Å². The van der Waals surface area contributed by atoms with Crippen LogP contribution in [-0.2, 0) is 45.1 Å². The Morgan fingerprint density at radius 1 is 0.519 bits per heavy atom. The summed E-state index contributed by atoms with van der Waals surface area (Å²) < 4.78 is 54.6. The van der Waals surface area contributed by atoms with E-state index in [1.165, 1.54) is 11.1 Å². The third-order valence-corrected chi connectivity index (χ3v) is 20.2. The minimum absolute atomic E-state index is 0.185. The van der Waals surface area contributed by atoms with Crippen LogP contribution in [0.15, 0.2) is 56.9 Å². The molecule has 6 rings (SSSR count). The van der Waals surface area contributed by atoms with Gasteiger partial charge in [0.25, 0.3) is 0 Å². The van der Waals surface area contributed by atoms with E-state index in [0.29, 0.717) is 46.6 Å². The molecule has 0 amide bonds. The number of rotatable bonds is 11. The Bertz CT molecular complexity index is 3050. The summed E-state index contributed by atoms with van der Waals surface area (Å²) in [6.45, 7) is 54.4. The molecule has 0 radical (unpaired) electrons. The number of ether oxygens (including phenoxy) is 2. The molecule has 1 aromatic heterocycles. The van der Waals surface area contributed by atoms with Crippen LogP contribution in [0.3, 0.4) is 0 Å². The highest BCUT2D eigenvalue weighted by Gasteiger charge is 2.51. The second-order valence-electron chi connectivity index (χ2n) is 29.3. The molecule has 1 saturated heterocycles. The SMILES string of the molecule is CCC1(CC)OP(Oc2c(-c3cc(OC(=O)C(C)(C)C)cc(C(C)(C)C)c3Op3oc4c([Si](C)(C)C)cc(C(C)(C)C)cc4c4cc(C(C)(C)C)cc([Si](C)(C)C)c4o3)cc(OC(=O)C(C)(C)C)cc2C(C)(C)C)OC1=O. The summed E-state index contributed by atoms with van der Waals surface area (Å²) in [5, 5.41) is 4.22. The average Bonchev–Trinajstić information content (AvgIpc) is 3.48. The molecule has 0 bridgehead atoms. The van der Waals surface area contributed by atoms with Gasteiger partial charge in [0.15, 0.2) is 5.60 Å². The van der Waals surface area contributed by atoms with Crippen molar-refractivity contribution >= 4 is 83.2 Å². The van der Waals surface area contributed by atoms with Crippen LogP contribution < -0.4 is 28.9 Å². The standard InChI is InChI=1S/C62H90O11P2Si2/c1-27-62(28-2)55(65)72-75(73-62)69-50-44(34-40(36-46(50)59(12,13)14)67-54(64)61(18,19)20)43-33-39(66-53(63)60(15,16)17)35-45(58(9,10)11)49(43)68-74-70-51-41(29-37(56(3,4)5)31-47(51)76(21,22)23)42-30-38(57(6,7)8)32-48(52(42)71-74)77(24,25)26/h29-36H,27-28H2,1-26H3. The van der Waals surface area contributed by atoms with Crippen molar-refractivity contribution < 1.29 is 50.3 Å². The van der Waals surface area contributed by atoms with Crippen LogP contribution in [0, 0.1) is 10.8 Å². The maximum Gasteiger partial charge on any atom is 0.466 e. The minimum Gasteiger partial charge on any atom is -0.426 e. The molecule has 1 unspecified atom stereocenters. The monoisotopic (exact) mass is 1130 g/mol. The van der Waals surface area contributed by atoms with Crippen molar-refractivity contribution in [3.63, 3.8) is 0 Å². The molecular weight excluding hydrogens is 1040 g/mol. The van der Waals surface area contributed by atoms with Gasteiger partial charge in [-0.1, -0.05) is 148 Å². The minimum atomic E-state index is -2.36. The van der Waals surface area contributed by atoms with Crippen molar-refractivity contribution in [1.82, 2.24) is 0 Å². The summed E-state index contributed by atoms with van der Waals surface area (Å²) >= 11 is 0. The van der Waals surface area contributed by atoms with Gasteiger partial charge in [-0.25, -0.2) is 4.79 Å². The smallest absolute Gasteiger partial charge is 0.426 e. The van der Waals surface area contributed by atoms with Crippen LogP contribution in [0.1, 0.15) is 174 Å². The van der Waals surface area contributed by atoms with E-state index in [-0.39, 0.29) is 22.3 Å². The summed E-state index contributed by atoms with van der Waals surface area (Å²) in [5.41, 5.74) is 1.33. The topological polar surface area (TPSA) is 133 Å². The molecule has 1 atom stereocenters. The van der Waals surface area contributed by atoms with E-state index >= 15 is 0 Å². The van der Waals surface area contributed by atoms with Crippen molar-refractivity contribution in [3.05, 3.63) is 70.8 Å². The molecule has 422 valence electrons. The number of fused-ring (bicyclic) bond motifs is 3. The Balaban J connectivity index is 1.89. The predicted molar refractivity (Wildman–Crippen MR) is 323 cm³/mol. The molecule has 0 saturated carbocycles. The highest BCUT2D eigenvalue weighted by atomic mass is 31.2. The fourth-order valence-corrected chi connectivity index (χ4v) is 14.4. The van der Waals surface area contributed by atoms with Crippen LogP contribution in [-0.4, -0.2) is 39.7 Å². The Kier molecular flexibility index (Phi) is 16.8. The molecule has 0 spiro atoms. The van der Waals surface area contributed by atoms with Gasteiger partial charge < -0.3 is 31.4 Å². The lowest BCUT2D eigenvalue weighted by Crippen LogP contribution is -2.39. The summed E-state index contributed by atoms with van der Waals surface area (Å²) in [4.78, 5) is 41.6. The van der Waals surface area contributed by atoms with E-state index < -0.39 is 78.2 Å². The van der Waals surface area contributed by atoms with Crippen molar-refractivity contribution in [2.75, 3.05) is 0 Å². The fraction of sp³-hybridized carbons (Fsp3) is 0.565. The third-order valence-electron chi connectivity index (χ3n) is 14.1. The van der Waals surface area contributed by atoms with Crippen molar-refractivity contribution in [2.45, 2.75) is 218 Å². The van der Waals surface area contributed by atoms with Gasteiger partial charge in [0.05, 0.1) is 27.0 Å². The van der Waals surface area contributed by atoms with Gasteiger partial charge >= 0.3 is 34.8 Å². The van der Waals surface area contributed by atoms with E-state index in [0.717, 1.165) is 32.3 Å². The second kappa shape index (κ2) is 20.9. The number of carbonyl (C=O) groups excluding carboxylic acids is 3. The van der Waals surface area contributed by atoms with Gasteiger partial charge in [0, 0.05) is 33.0 Å². The fourth-order valence-electron chi connectivity index (χ4n) is 8.80. The Hall–Kier alpha value is -4.39. The normalized spacial score (nSPS) is 15.9. The average molecular weight is 1130 g/mol. The Labute approximate surface area is 464 Å². The summed E-state index contributed by atoms with van der Waals surface area (Å²) in [7, 11) is -9.07. The van der Waals surface area contributed by atoms with E-state index in [4.69, 9.17) is 36.0 Å². The predicted octanol–water partition coefficient (Wildman–Crippen LogP) is 17.7. The molecule has 1 fully saturated rings. The molecule has 0 N–H and O–H groups in total. The Morgan fingerprint density at radius 2 is 0.883 bits per heavy atom. The first-order chi connectivity index (χ1) is 34.8. The molecule has 11 nitrogen and oxygen atoms in total. The van der Waals surface area contributed by atoms with E-state index in [1.54, 1.807) is 39.0 Å². The van der Waals surface area contributed by atoms with Crippen LogP contribution >= 0.6 is 16.8 Å². The molecule has 2 heterocycles. The molecule has 1 aliphatic heterocycles. The van der Waals surface area contributed by atoms with Crippen molar-refractivity contribution in [3.8, 4) is 34.1 Å². The van der Waals surface area contributed by atoms with Crippen LogP contribution in [0.4, 0.5) is 0 Å². The lowest BCUT2D eigenvalue weighted by molar-refractivity contribution is -0.144. The number of hydrogen-bond acceptors (Lipinski definition) is 11. The van der Waals surface area contributed by atoms with E-state index in [1.807, 2.05) is 61.5 Å². The molecule has 77 heavy (non-hydrogen) atoms. The van der Waals surface area contributed by atoms with Gasteiger partial charge in [-0.15, -0.1) is 0 Å². The third kappa shape index (κ3) is 13.5. The highest BCUT2D eigenvalue weighted by molar-refractivity contribution is 7.43. The first kappa shape index (κ1) is 61.8. The molecule has 1 aliphatic rings. The molecule has 15 heteroatoms. The maximum absolute atomic E-state index is 14.0. The van der Waals surface area contributed by atoms with E-state index in [9.17, 15) is 14.4 Å². The number of carbonyl (C=O) groups is 3. The Morgan fingerprint density at radius 3 is 1.18 bits per heavy atom. The maximum atomic E-state index is 14.0. The summed E-state index contributed by atoms with van der Waals surface area (Å²) in [6, 6.07) is 16.4. The van der Waals surface area contributed by atoms with Gasteiger partial charge in [-0.05, 0) is 134 Å². The first-order valence-electron chi connectivity index (χ1n) is 27.2. The van der Waals surface area contributed by atoms with Crippen molar-refractivity contribution in [1.29, 1.82) is 0 Å². The lowest BCUT2D eigenvalue weighted by atomic mass is 9.81. The number of benzene rings is 4. The quantitative estimate of drug-likeness (QED) is 0.0542. The van der Waals surface area contributed by atoms with Crippen molar-refractivity contribution in [2.24, 2.45) is 10.8 Å². The lowest BCUT2D eigenvalue weighted by Gasteiger charge is -2.29.